The zero-order valence-electron chi connectivity index (χ0n) is 14.2. The molecule has 0 aliphatic carbocycles. The summed E-state index contributed by atoms with van der Waals surface area (Å²) in [5, 5.41) is 0. The molecule has 6 nitrogen and oxygen atoms in total. The van der Waals surface area contributed by atoms with E-state index >= 15 is 0 Å². The number of esters is 1. The smallest absolute Gasteiger partial charge is 0.379 e. The van der Waals surface area contributed by atoms with Crippen LogP contribution in [0.3, 0.4) is 0 Å². The number of ether oxygens (including phenoxy) is 2. The molecule has 0 fully saturated rings. The Morgan fingerprint density at radius 2 is 2.00 bits per heavy atom. The molecule has 0 aliphatic heterocycles. The molecule has 0 radical (unpaired) electrons. The summed E-state index contributed by atoms with van der Waals surface area (Å²) >= 11 is 0. The van der Waals surface area contributed by atoms with Crippen LogP contribution in [0.2, 0.25) is 0 Å². The van der Waals surface area contributed by atoms with Crippen LogP contribution < -0.4 is 9.26 Å². The third-order valence-electron chi connectivity index (χ3n) is 2.85. The summed E-state index contributed by atoms with van der Waals surface area (Å²) in [5.74, 6) is 0.323. The zero-order chi connectivity index (χ0) is 18.0. The lowest BCUT2D eigenvalue weighted by molar-refractivity contribution is -0.137. The maximum atomic E-state index is 12.6. The van der Waals surface area contributed by atoms with E-state index in [4.69, 9.17) is 18.5 Å². The van der Waals surface area contributed by atoms with Crippen molar-refractivity contribution in [2.75, 3.05) is 32.6 Å². The Hall–Kier alpha value is -1.35. The van der Waals surface area contributed by atoms with Gasteiger partial charge >= 0.3 is 13.6 Å². The molecule has 0 spiro atoms. The van der Waals surface area contributed by atoms with Crippen molar-refractivity contribution in [2.45, 2.75) is 13.8 Å². The zero-order valence-corrected chi connectivity index (χ0v) is 16.2. The molecule has 0 saturated carbocycles. The minimum absolute atomic E-state index is 0.291. The highest BCUT2D eigenvalue weighted by Crippen LogP contribution is 2.50. The van der Waals surface area contributed by atoms with Gasteiger partial charge in [0.15, 0.2) is 11.5 Å². The molecule has 1 aromatic rings. The Balaban J connectivity index is 2.97. The minimum Gasteiger partial charge on any atom is -0.493 e. The standard InChI is InChI=1S/C16H24O6P2/c1-4-20-16(17)9-7-13-6-8-14(15(12-13)19-3)22-24(18,11-10-23)21-5-2/h6-9,12H,4-5,10-11,23H2,1-3H3/b9-7+. The summed E-state index contributed by atoms with van der Waals surface area (Å²) in [7, 11) is 0.764. The van der Waals surface area contributed by atoms with Gasteiger partial charge in [-0.15, -0.1) is 9.24 Å². The van der Waals surface area contributed by atoms with Crippen LogP contribution in [0, 0.1) is 0 Å². The van der Waals surface area contributed by atoms with Crippen molar-refractivity contribution in [1.82, 2.24) is 0 Å². The minimum atomic E-state index is -3.23. The van der Waals surface area contributed by atoms with Gasteiger partial charge in [0.2, 0.25) is 0 Å². The van der Waals surface area contributed by atoms with Gasteiger partial charge in [0, 0.05) is 6.08 Å². The third kappa shape index (κ3) is 6.64. The number of carbonyl (C=O) groups excluding carboxylic acids is 1. The Bertz CT molecular complexity index is 605. The summed E-state index contributed by atoms with van der Waals surface area (Å²) in [5.41, 5.74) is 0.726. The summed E-state index contributed by atoms with van der Waals surface area (Å²) in [6.45, 7) is 4.12. The van der Waals surface area contributed by atoms with Gasteiger partial charge in [-0.05, 0) is 43.8 Å². The Labute approximate surface area is 145 Å². The lowest BCUT2D eigenvalue weighted by Gasteiger charge is -2.19. The number of hydrogen-bond acceptors (Lipinski definition) is 6. The van der Waals surface area contributed by atoms with Crippen molar-refractivity contribution in [1.29, 1.82) is 0 Å². The van der Waals surface area contributed by atoms with Crippen LogP contribution in [-0.2, 0) is 18.6 Å². The first-order chi connectivity index (χ1) is 11.5. The van der Waals surface area contributed by atoms with Crippen LogP contribution in [0.25, 0.3) is 6.08 Å². The summed E-state index contributed by atoms with van der Waals surface area (Å²) < 4.78 is 33.6. The fourth-order valence-corrected chi connectivity index (χ4v) is 4.24. The molecule has 0 bridgehead atoms. The summed E-state index contributed by atoms with van der Waals surface area (Å²) in [4.78, 5) is 11.3. The maximum absolute atomic E-state index is 12.6. The first-order valence-corrected chi connectivity index (χ1v) is 10.2. The molecular formula is C16H24O6P2. The van der Waals surface area contributed by atoms with Crippen LogP contribution in [0.5, 0.6) is 11.5 Å². The lowest BCUT2D eigenvalue weighted by Crippen LogP contribution is -2.04. The fourth-order valence-electron chi connectivity index (χ4n) is 1.86. The molecule has 0 aliphatic rings. The van der Waals surface area contributed by atoms with Crippen molar-refractivity contribution in [3.63, 3.8) is 0 Å². The van der Waals surface area contributed by atoms with E-state index in [-0.39, 0.29) is 0 Å². The average molecular weight is 374 g/mol. The molecule has 24 heavy (non-hydrogen) atoms. The van der Waals surface area contributed by atoms with Gasteiger partial charge in [0.1, 0.15) is 0 Å². The second-order valence-corrected chi connectivity index (χ2v) is 7.32. The molecule has 1 aromatic carbocycles. The van der Waals surface area contributed by atoms with Crippen molar-refractivity contribution in [2.24, 2.45) is 0 Å². The van der Waals surface area contributed by atoms with Crippen LogP contribution in [0.4, 0.5) is 0 Å². The normalized spacial score (nSPS) is 13.5. The second-order valence-electron chi connectivity index (χ2n) is 4.63. The van der Waals surface area contributed by atoms with Gasteiger partial charge in [-0.1, -0.05) is 6.07 Å². The number of carbonyl (C=O) groups is 1. The van der Waals surface area contributed by atoms with Gasteiger partial charge in [-0.25, -0.2) is 9.36 Å². The number of benzene rings is 1. The van der Waals surface area contributed by atoms with E-state index in [0.29, 0.717) is 37.0 Å². The largest absolute Gasteiger partial charge is 0.493 e. The summed E-state index contributed by atoms with van der Waals surface area (Å²) in [6.07, 6.45) is 3.83. The molecule has 1 rings (SSSR count). The third-order valence-corrected chi connectivity index (χ3v) is 5.56. The predicted octanol–water partition coefficient (Wildman–Crippen LogP) is 3.76. The maximum Gasteiger partial charge on any atom is 0.379 e. The first-order valence-electron chi connectivity index (χ1n) is 7.64. The van der Waals surface area contributed by atoms with E-state index in [1.807, 2.05) is 0 Å². The Morgan fingerprint density at radius 1 is 1.25 bits per heavy atom. The highest BCUT2D eigenvalue weighted by Gasteiger charge is 2.26. The van der Waals surface area contributed by atoms with Gasteiger partial charge in [-0.2, -0.15) is 0 Å². The quantitative estimate of drug-likeness (QED) is 0.353. The number of rotatable bonds is 10. The van der Waals surface area contributed by atoms with Crippen LogP contribution >= 0.6 is 16.8 Å². The lowest BCUT2D eigenvalue weighted by atomic mass is 10.2. The monoisotopic (exact) mass is 374 g/mol. The number of methoxy groups -OCH3 is 1. The van der Waals surface area contributed by atoms with E-state index in [2.05, 4.69) is 9.24 Å². The molecular weight excluding hydrogens is 350 g/mol. The van der Waals surface area contributed by atoms with E-state index < -0.39 is 13.6 Å². The molecule has 0 aromatic heterocycles. The topological polar surface area (TPSA) is 71.1 Å². The van der Waals surface area contributed by atoms with Gasteiger partial charge < -0.3 is 18.5 Å². The van der Waals surface area contributed by atoms with Crippen LogP contribution in [-0.4, -0.2) is 38.6 Å². The van der Waals surface area contributed by atoms with Gasteiger partial charge in [0.25, 0.3) is 0 Å². The molecule has 8 heteroatoms. The predicted molar refractivity (Wildman–Crippen MR) is 98.0 cm³/mol. The molecule has 0 N–H and O–H groups in total. The van der Waals surface area contributed by atoms with Crippen molar-refractivity contribution < 1.29 is 27.9 Å². The summed E-state index contributed by atoms with van der Waals surface area (Å²) in [6, 6.07) is 5.05. The highest BCUT2D eigenvalue weighted by molar-refractivity contribution is 7.54. The Kier molecular flexibility index (Phi) is 9.05. The average Bonchev–Trinajstić information content (AvgIpc) is 2.54. The molecule has 2 unspecified atom stereocenters. The Morgan fingerprint density at radius 3 is 2.58 bits per heavy atom. The van der Waals surface area contributed by atoms with Crippen molar-refractivity contribution in [3.05, 3.63) is 29.8 Å². The fraction of sp³-hybridized carbons (Fsp3) is 0.438. The van der Waals surface area contributed by atoms with Gasteiger partial charge in [0.05, 0.1) is 26.5 Å². The molecule has 2 atom stereocenters. The molecule has 0 heterocycles. The van der Waals surface area contributed by atoms with Crippen LogP contribution in [0.15, 0.2) is 24.3 Å². The first kappa shape index (κ1) is 20.7. The van der Waals surface area contributed by atoms with E-state index in [1.165, 1.54) is 13.2 Å². The van der Waals surface area contributed by atoms with E-state index in [0.717, 1.165) is 5.56 Å². The number of hydrogen-bond donors (Lipinski definition) is 0. The molecule has 134 valence electrons. The SMILES string of the molecule is CCOC(=O)/C=C/c1ccc(OP(=O)(CCP)OCC)c(OC)c1. The molecule has 0 saturated heterocycles. The second kappa shape index (κ2) is 10.5. The van der Waals surface area contributed by atoms with Gasteiger partial charge in [-0.3, -0.25) is 0 Å². The van der Waals surface area contributed by atoms with E-state index in [1.54, 1.807) is 38.1 Å². The van der Waals surface area contributed by atoms with E-state index in [9.17, 15) is 9.36 Å². The molecule has 0 amide bonds. The highest BCUT2D eigenvalue weighted by atomic mass is 31.2. The van der Waals surface area contributed by atoms with Crippen molar-refractivity contribution in [3.8, 4) is 11.5 Å². The van der Waals surface area contributed by atoms with Crippen molar-refractivity contribution >= 4 is 28.9 Å². The van der Waals surface area contributed by atoms with Crippen LogP contribution in [0.1, 0.15) is 19.4 Å².